The molecule has 0 radical (unpaired) electrons. The molecule has 0 fully saturated rings. The zero-order valence-corrected chi connectivity index (χ0v) is 7.78. The number of anilines is 2. The normalized spacial score (nSPS) is 15.1. The van der Waals surface area contributed by atoms with Crippen molar-refractivity contribution in [1.82, 2.24) is 5.32 Å². The molecule has 2 amide bonds. The van der Waals surface area contributed by atoms with Gasteiger partial charge in [0.25, 0.3) is 11.8 Å². The van der Waals surface area contributed by atoms with E-state index in [2.05, 4.69) is 5.32 Å². The summed E-state index contributed by atoms with van der Waals surface area (Å²) in [6, 6.07) is 4.80. The van der Waals surface area contributed by atoms with Crippen LogP contribution in [-0.2, 0) is 9.59 Å². The monoisotopic (exact) mass is 203 g/mol. The lowest BCUT2D eigenvalue weighted by atomic mass is 10.0. The van der Waals surface area contributed by atoms with Gasteiger partial charge >= 0.3 is 0 Å². The summed E-state index contributed by atoms with van der Waals surface area (Å²) in [6.45, 7) is 0. The molecule has 5 nitrogen and oxygen atoms in total. The minimum Gasteiger partial charge on any atom is -0.399 e. The Morgan fingerprint density at radius 2 is 1.87 bits per heavy atom. The SMILES string of the molecule is Nc1ccc(C2=CC(=O)NC2=O)c(N)c1. The van der Waals surface area contributed by atoms with Crippen LogP contribution in [-0.4, -0.2) is 11.8 Å². The van der Waals surface area contributed by atoms with Crippen LogP contribution in [0.15, 0.2) is 24.3 Å². The maximum atomic E-state index is 11.3. The average molecular weight is 203 g/mol. The van der Waals surface area contributed by atoms with Crippen LogP contribution < -0.4 is 16.8 Å². The van der Waals surface area contributed by atoms with Crippen LogP contribution in [0.3, 0.4) is 0 Å². The molecule has 0 saturated carbocycles. The fourth-order valence-electron chi connectivity index (χ4n) is 1.44. The van der Waals surface area contributed by atoms with Gasteiger partial charge in [0.2, 0.25) is 0 Å². The Bertz CT molecular complexity index is 491. The van der Waals surface area contributed by atoms with Crippen molar-refractivity contribution < 1.29 is 9.59 Å². The molecule has 0 bridgehead atoms. The highest BCUT2D eigenvalue weighted by Gasteiger charge is 2.23. The van der Waals surface area contributed by atoms with Crippen LogP contribution >= 0.6 is 0 Å². The highest BCUT2D eigenvalue weighted by atomic mass is 16.2. The molecule has 1 aliphatic heterocycles. The predicted molar refractivity (Wildman–Crippen MR) is 56.4 cm³/mol. The van der Waals surface area contributed by atoms with Crippen molar-refractivity contribution in [2.75, 3.05) is 11.5 Å². The predicted octanol–water partition coefficient (Wildman–Crippen LogP) is -0.109. The van der Waals surface area contributed by atoms with Crippen LogP contribution in [0.25, 0.3) is 5.57 Å². The number of rotatable bonds is 1. The first-order chi connectivity index (χ1) is 7.08. The van der Waals surface area contributed by atoms with Gasteiger partial charge in [0.05, 0.1) is 5.57 Å². The molecule has 1 aromatic carbocycles. The number of nitrogens with two attached hydrogens (primary N) is 2. The maximum Gasteiger partial charge on any atom is 0.258 e. The summed E-state index contributed by atoms with van der Waals surface area (Å²) >= 11 is 0. The van der Waals surface area contributed by atoms with Crippen LogP contribution in [0.5, 0.6) is 0 Å². The van der Waals surface area contributed by atoms with Gasteiger partial charge in [-0.05, 0) is 12.1 Å². The smallest absolute Gasteiger partial charge is 0.258 e. The molecule has 0 unspecified atom stereocenters. The van der Waals surface area contributed by atoms with Gasteiger partial charge in [0.1, 0.15) is 0 Å². The summed E-state index contributed by atoms with van der Waals surface area (Å²) in [5, 5.41) is 2.15. The molecule has 0 spiro atoms. The van der Waals surface area contributed by atoms with E-state index in [0.717, 1.165) is 0 Å². The van der Waals surface area contributed by atoms with Crippen LogP contribution in [0.2, 0.25) is 0 Å². The molecule has 76 valence electrons. The van der Waals surface area contributed by atoms with Crippen molar-refractivity contribution in [1.29, 1.82) is 0 Å². The van der Waals surface area contributed by atoms with E-state index in [1.54, 1.807) is 18.2 Å². The number of nitrogens with one attached hydrogen (secondary N) is 1. The van der Waals surface area contributed by atoms with Gasteiger partial charge in [-0.1, -0.05) is 6.07 Å². The van der Waals surface area contributed by atoms with Crippen molar-refractivity contribution >= 4 is 28.8 Å². The number of benzene rings is 1. The molecule has 0 aliphatic carbocycles. The summed E-state index contributed by atoms with van der Waals surface area (Å²) in [7, 11) is 0. The van der Waals surface area contributed by atoms with Crippen molar-refractivity contribution in [3.63, 3.8) is 0 Å². The Morgan fingerprint density at radius 1 is 1.13 bits per heavy atom. The Hall–Kier alpha value is -2.30. The number of hydrogen-bond donors (Lipinski definition) is 3. The van der Waals surface area contributed by atoms with Gasteiger partial charge < -0.3 is 11.5 Å². The van der Waals surface area contributed by atoms with E-state index in [9.17, 15) is 9.59 Å². The zero-order valence-electron chi connectivity index (χ0n) is 7.78. The van der Waals surface area contributed by atoms with Gasteiger partial charge in [0, 0.05) is 23.0 Å². The third-order valence-electron chi connectivity index (χ3n) is 2.12. The first-order valence-electron chi connectivity index (χ1n) is 4.30. The third-order valence-corrected chi connectivity index (χ3v) is 2.12. The molecule has 0 atom stereocenters. The number of imide groups is 1. The number of hydrogen-bond acceptors (Lipinski definition) is 4. The van der Waals surface area contributed by atoms with E-state index in [-0.39, 0.29) is 5.57 Å². The van der Waals surface area contributed by atoms with Crippen LogP contribution in [0.4, 0.5) is 11.4 Å². The molecule has 1 aromatic rings. The fourth-order valence-corrected chi connectivity index (χ4v) is 1.44. The molecule has 0 aromatic heterocycles. The summed E-state index contributed by atoms with van der Waals surface area (Å²) in [4.78, 5) is 22.3. The first kappa shape index (κ1) is 9.26. The van der Waals surface area contributed by atoms with Crippen molar-refractivity contribution in [3.05, 3.63) is 29.8 Å². The average Bonchev–Trinajstić information content (AvgIpc) is 2.45. The lowest BCUT2D eigenvalue weighted by Crippen LogP contribution is -2.21. The molecular formula is C10H9N3O2. The van der Waals surface area contributed by atoms with Gasteiger partial charge in [-0.15, -0.1) is 0 Å². The molecule has 2 rings (SSSR count). The number of amides is 2. The van der Waals surface area contributed by atoms with E-state index in [4.69, 9.17) is 11.5 Å². The second-order valence-corrected chi connectivity index (χ2v) is 3.22. The first-order valence-corrected chi connectivity index (χ1v) is 4.30. The van der Waals surface area contributed by atoms with Crippen LogP contribution in [0.1, 0.15) is 5.56 Å². The van der Waals surface area contributed by atoms with E-state index in [0.29, 0.717) is 16.9 Å². The minimum absolute atomic E-state index is 0.275. The second kappa shape index (κ2) is 3.13. The van der Waals surface area contributed by atoms with Gasteiger partial charge in [0.15, 0.2) is 0 Å². The lowest BCUT2D eigenvalue weighted by Gasteiger charge is -2.05. The van der Waals surface area contributed by atoms with E-state index in [1.165, 1.54) is 6.08 Å². The molecular weight excluding hydrogens is 194 g/mol. The summed E-state index contributed by atoms with van der Waals surface area (Å²) in [5.41, 5.74) is 12.9. The number of carbonyl (C=O) groups is 2. The van der Waals surface area contributed by atoms with Gasteiger partial charge in [-0.2, -0.15) is 0 Å². The molecule has 5 heteroatoms. The van der Waals surface area contributed by atoms with Gasteiger partial charge in [-0.25, -0.2) is 0 Å². The second-order valence-electron chi connectivity index (χ2n) is 3.22. The fraction of sp³-hybridized carbons (Fsp3) is 0. The zero-order chi connectivity index (χ0) is 11.0. The molecule has 1 heterocycles. The summed E-state index contributed by atoms with van der Waals surface area (Å²) in [6.07, 6.45) is 1.23. The Kier molecular flexibility index (Phi) is 1.93. The summed E-state index contributed by atoms with van der Waals surface area (Å²) < 4.78 is 0. The highest BCUT2D eigenvalue weighted by Crippen LogP contribution is 2.25. The molecule has 15 heavy (non-hydrogen) atoms. The topological polar surface area (TPSA) is 98.2 Å². The Labute approximate surface area is 85.7 Å². The Balaban J connectivity index is 2.51. The number of nitrogen functional groups attached to an aromatic ring is 2. The molecule has 5 N–H and O–H groups in total. The summed E-state index contributed by atoms with van der Waals surface area (Å²) in [5.74, 6) is -0.859. The third kappa shape index (κ3) is 1.54. The number of carbonyl (C=O) groups excluding carboxylic acids is 2. The van der Waals surface area contributed by atoms with Crippen molar-refractivity contribution in [2.24, 2.45) is 0 Å². The van der Waals surface area contributed by atoms with Gasteiger partial charge in [-0.3, -0.25) is 14.9 Å². The van der Waals surface area contributed by atoms with E-state index < -0.39 is 11.8 Å². The van der Waals surface area contributed by atoms with E-state index in [1.807, 2.05) is 0 Å². The largest absolute Gasteiger partial charge is 0.399 e. The molecule has 0 saturated heterocycles. The minimum atomic E-state index is -0.434. The van der Waals surface area contributed by atoms with E-state index >= 15 is 0 Å². The Morgan fingerprint density at radius 3 is 2.40 bits per heavy atom. The quantitative estimate of drug-likeness (QED) is 0.438. The van der Waals surface area contributed by atoms with Crippen molar-refractivity contribution in [3.8, 4) is 0 Å². The van der Waals surface area contributed by atoms with Crippen molar-refractivity contribution in [2.45, 2.75) is 0 Å². The highest BCUT2D eigenvalue weighted by molar-refractivity contribution is 6.34. The lowest BCUT2D eigenvalue weighted by molar-refractivity contribution is -0.123. The molecule has 1 aliphatic rings. The maximum absolute atomic E-state index is 11.3. The standard InChI is InChI=1S/C10H9N3O2/c11-5-1-2-6(8(12)3-5)7-4-9(14)13-10(7)15/h1-4H,11-12H2,(H,13,14,15). The van der Waals surface area contributed by atoms with Crippen LogP contribution in [0, 0.1) is 0 Å².